The molecule has 4 rings (SSSR count). The molecule has 0 fully saturated rings. The highest BCUT2D eigenvalue weighted by Gasteiger charge is 2.13. The smallest absolute Gasteiger partial charge is 0.128 e. The van der Waals surface area contributed by atoms with Crippen LogP contribution in [0.1, 0.15) is 11.1 Å². The molecule has 0 unspecified atom stereocenters. The summed E-state index contributed by atoms with van der Waals surface area (Å²) in [5.74, 6) is 1.77. The van der Waals surface area contributed by atoms with Crippen LogP contribution in [0.5, 0.6) is 5.75 Å². The summed E-state index contributed by atoms with van der Waals surface area (Å²) < 4.78 is 5.94. The molecule has 0 aliphatic heterocycles. The standard InChI is InChI=1S/C22H20N2OS2/c1-15-10-16(2)12-18(11-15)25-8-9-26-21-20-19(17-6-4-3-5-7-17)13-27-22(20)24-14-23-21/h3-7,10-14H,8-9H2,1-2H3. The molecule has 0 saturated carbocycles. The SMILES string of the molecule is Cc1cc(C)cc(OCCSc2ncnc3scc(-c4ccccc4)c23)c1. The van der Waals surface area contributed by atoms with Gasteiger partial charge in [0.2, 0.25) is 0 Å². The zero-order valence-electron chi connectivity index (χ0n) is 15.3. The third-order valence-electron chi connectivity index (χ3n) is 4.21. The Morgan fingerprint density at radius 2 is 1.78 bits per heavy atom. The van der Waals surface area contributed by atoms with Crippen molar-refractivity contribution in [3.05, 3.63) is 71.4 Å². The number of nitrogens with zero attached hydrogens (tertiary/aromatic N) is 2. The minimum atomic E-state index is 0.643. The average molecular weight is 393 g/mol. The Morgan fingerprint density at radius 3 is 2.56 bits per heavy atom. The highest BCUT2D eigenvalue weighted by atomic mass is 32.2. The summed E-state index contributed by atoms with van der Waals surface area (Å²) in [7, 11) is 0. The van der Waals surface area contributed by atoms with E-state index in [-0.39, 0.29) is 0 Å². The van der Waals surface area contributed by atoms with Gasteiger partial charge in [0, 0.05) is 16.7 Å². The van der Waals surface area contributed by atoms with E-state index >= 15 is 0 Å². The third kappa shape index (κ3) is 4.15. The Hall–Kier alpha value is -2.37. The molecule has 0 radical (unpaired) electrons. The number of aromatic nitrogens is 2. The first-order valence-corrected chi connectivity index (χ1v) is 10.7. The second-order valence-corrected chi connectivity index (χ2v) is 8.34. The summed E-state index contributed by atoms with van der Waals surface area (Å²) in [6.45, 7) is 4.83. The third-order valence-corrected chi connectivity index (χ3v) is 6.05. The van der Waals surface area contributed by atoms with E-state index in [9.17, 15) is 0 Å². The summed E-state index contributed by atoms with van der Waals surface area (Å²) in [5, 5.41) is 4.33. The quantitative estimate of drug-likeness (QED) is 0.224. The minimum absolute atomic E-state index is 0.643. The summed E-state index contributed by atoms with van der Waals surface area (Å²) in [5.41, 5.74) is 4.85. The van der Waals surface area contributed by atoms with Crippen LogP contribution >= 0.6 is 23.1 Å². The molecule has 3 nitrogen and oxygen atoms in total. The molecule has 4 aromatic rings. The first-order valence-electron chi connectivity index (χ1n) is 8.82. The normalized spacial score (nSPS) is 11.0. The lowest BCUT2D eigenvalue weighted by Crippen LogP contribution is -2.01. The lowest BCUT2D eigenvalue weighted by molar-refractivity contribution is 0.343. The second kappa shape index (κ2) is 8.11. The van der Waals surface area contributed by atoms with Gasteiger partial charge in [-0.3, -0.25) is 0 Å². The topological polar surface area (TPSA) is 35.0 Å². The van der Waals surface area contributed by atoms with Crippen LogP contribution in [-0.2, 0) is 0 Å². The van der Waals surface area contributed by atoms with Gasteiger partial charge in [0.05, 0.1) is 12.0 Å². The van der Waals surface area contributed by atoms with Gasteiger partial charge in [-0.25, -0.2) is 9.97 Å². The van der Waals surface area contributed by atoms with Crippen molar-refractivity contribution in [2.45, 2.75) is 18.9 Å². The van der Waals surface area contributed by atoms with Crippen LogP contribution in [0, 0.1) is 13.8 Å². The van der Waals surface area contributed by atoms with Crippen molar-refractivity contribution in [2.24, 2.45) is 0 Å². The van der Waals surface area contributed by atoms with Crippen molar-refractivity contribution in [1.82, 2.24) is 9.97 Å². The van der Waals surface area contributed by atoms with E-state index in [2.05, 4.69) is 71.7 Å². The van der Waals surface area contributed by atoms with E-state index in [0.717, 1.165) is 26.7 Å². The van der Waals surface area contributed by atoms with Crippen molar-refractivity contribution in [1.29, 1.82) is 0 Å². The Kier molecular flexibility index (Phi) is 5.41. The molecule has 0 aliphatic carbocycles. The number of fused-ring (bicyclic) bond motifs is 1. The highest BCUT2D eigenvalue weighted by molar-refractivity contribution is 7.99. The fourth-order valence-corrected chi connectivity index (χ4v) is 4.91. The molecule has 2 aromatic carbocycles. The van der Waals surface area contributed by atoms with Gasteiger partial charge in [-0.15, -0.1) is 23.1 Å². The molecule has 136 valence electrons. The van der Waals surface area contributed by atoms with Crippen LogP contribution in [0.25, 0.3) is 21.3 Å². The zero-order chi connectivity index (χ0) is 18.6. The first kappa shape index (κ1) is 18.0. The van der Waals surface area contributed by atoms with E-state index in [1.54, 1.807) is 29.4 Å². The molecule has 0 saturated heterocycles. The molecule has 0 atom stereocenters. The number of benzene rings is 2. The number of thiophene rings is 1. The maximum Gasteiger partial charge on any atom is 0.128 e. The summed E-state index contributed by atoms with van der Waals surface area (Å²) in [6.07, 6.45) is 1.65. The predicted octanol–water partition coefficient (Wildman–Crippen LogP) is 6.15. The Morgan fingerprint density at radius 1 is 1.00 bits per heavy atom. The fraction of sp³-hybridized carbons (Fsp3) is 0.182. The molecular weight excluding hydrogens is 372 g/mol. The number of aryl methyl sites for hydroxylation is 2. The number of hydrogen-bond acceptors (Lipinski definition) is 5. The molecule has 0 bridgehead atoms. The molecule has 27 heavy (non-hydrogen) atoms. The summed E-state index contributed by atoms with van der Waals surface area (Å²) in [6, 6.07) is 16.7. The number of hydrogen-bond donors (Lipinski definition) is 0. The number of rotatable bonds is 6. The van der Waals surface area contributed by atoms with Crippen LogP contribution in [0.15, 0.2) is 65.3 Å². The minimum Gasteiger partial charge on any atom is -0.493 e. The number of thioether (sulfide) groups is 1. The van der Waals surface area contributed by atoms with Gasteiger partial charge in [0.1, 0.15) is 21.9 Å². The molecule has 0 amide bonds. The van der Waals surface area contributed by atoms with E-state index < -0.39 is 0 Å². The molecule has 2 heterocycles. The molecule has 0 spiro atoms. The second-order valence-electron chi connectivity index (χ2n) is 6.39. The predicted molar refractivity (Wildman–Crippen MR) is 115 cm³/mol. The summed E-state index contributed by atoms with van der Waals surface area (Å²) in [4.78, 5) is 10.0. The zero-order valence-corrected chi connectivity index (χ0v) is 16.9. The molecule has 0 N–H and O–H groups in total. The van der Waals surface area contributed by atoms with Crippen LogP contribution in [0.2, 0.25) is 0 Å². The van der Waals surface area contributed by atoms with E-state index in [4.69, 9.17) is 4.74 Å². The van der Waals surface area contributed by atoms with Crippen molar-refractivity contribution in [3.8, 4) is 16.9 Å². The van der Waals surface area contributed by atoms with Gasteiger partial charge in [0.25, 0.3) is 0 Å². The van der Waals surface area contributed by atoms with Gasteiger partial charge in [-0.2, -0.15) is 0 Å². The van der Waals surface area contributed by atoms with Crippen LogP contribution in [-0.4, -0.2) is 22.3 Å². The fourth-order valence-electron chi connectivity index (χ4n) is 3.10. The lowest BCUT2D eigenvalue weighted by atomic mass is 10.1. The monoisotopic (exact) mass is 392 g/mol. The van der Waals surface area contributed by atoms with E-state index in [1.807, 2.05) is 6.07 Å². The van der Waals surface area contributed by atoms with Crippen LogP contribution in [0.3, 0.4) is 0 Å². The van der Waals surface area contributed by atoms with Gasteiger partial charge < -0.3 is 4.74 Å². The molecule has 2 aromatic heterocycles. The Balaban J connectivity index is 1.50. The number of ether oxygens (including phenoxy) is 1. The average Bonchev–Trinajstić information content (AvgIpc) is 3.10. The Labute approximate surface area is 167 Å². The van der Waals surface area contributed by atoms with Crippen LogP contribution in [0.4, 0.5) is 0 Å². The molecular formula is C22H20N2OS2. The van der Waals surface area contributed by atoms with Crippen molar-refractivity contribution in [3.63, 3.8) is 0 Å². The van der Waals surface area contributed by atoms with Crippen molar-refractivity contribution in [2.75, 3.05) is 12.4 Å². The highest BCUT2D eigenvalue weighted by Crippen LogP contribution is 2.37. The lowest BCUT2D eigenvalue weighted by Gasteiger charge is -2.09. The first-order chi connectivity index (χ1) is 13.2. The maximum absolute atomic E-state index is 5.94. The molecule has 5 heteroatoms. The van der Waals surface area contributed by atoms with Gasteiger partial charge in [-0.05, 0) is 42.7 Å². The van der Waals surface area contributed by atoms with Crippen molar-refractivity contribution < 1.29 is 4.74 Å². The summed E-state index contributed by atoms with van der Waals surface area (Å²) >= 11 is 3.39. The van der Waals surface area contributed by atoms with Gasteiger partial charge in [-0.1, -0.05) is 36.4 Å². The van der Waals surface area contributed by atoms with Gasteiger partial charge in [0.15, 0.2) is 0 Å². The molecule has 0 aliphatic rings. The van der Waals surface area contributed by atoms with Gasteiger partial charge >= 0.3 is 0 Å². The van der Waals surface area contributed by atoms with Crippen molar-refractivity contribution >= 4 is 33.3 Å². The van der Waals surface area contributed by atoms with Crippen LogP contribution < -0.4 is 4.74 Å². The maximum atomic E-state index is 5.94. The van der Waals surface area contributed by atoms with E-state index in [1.165, 1.54) is 22.3 Å². The largest absolute Gasteiger partial charge is 0.493 e. The Bertz CT molecular complexity index is 1040. The van der Waals surface area contributed by atoms with E-state index in [0.29, 0.717) is 6.61 Å².